The van der Waals surface area contributed by atoms with Gasteiger partial charge in [-0.25, -0.2) is 4.98 Å². The van der Waals surface area contributed by atoms with Gasteiger partial charge in [0.25, 0.3) is 0 Å². The molecule has 0 aliphatic carbocycles. The summed E-state index contributed by atoms with van der Waals surface area (Å²) >= 11 is 0. The zero-order valence-corrected chi connectivity index (χ0v) is 19.8. The summed E-state index contributed by atoms with van der Waals surface area (Å²) in [5.41, 5.74) is 2.95. The number of ether oxygens (including phenoxy) is 1. The number of nitrogens with zero attached hydrogens (tertiary/aromatic N) is 4. The summed E-state index contributed by atoms with van der Waals surface area (Å²) in [5.74, 6) is -0.216. The average Bonchev–Trinajstić information content (AvgIpc) is 3.16. The van der Waals surface area contributed by atoms with Crippen molar-refractivity contribution in [2.24, 2.45) is 0 Å². The van der Waals surface area contributed by atoms with Crippen LogP contribution in [0.25, 0.3) is 5.65 Å². The number of rotatable bonds is 7. The van der Waals surface area contributed by atoms with E-state index in [0.717, 1.165) is 24.8 Å². The summed E-state index contributed by atoms with van der Waals surface area (Å²) in [5, 5.41) is 9.39. The summed E-state index contributed by atoms with van der Waals surface area (Å²) in [7, 11) is 0. The van der Waals surface area contributed by atoms with E-state index in [9.17, 15) is 23.1 Å². The normalized spacial score (nSPS) is 14.5. The highest BCUT2D eigenvalue weighted by Gasteiger charge is 2.33. The minimum Gasteiger partial charge on any atom is -0.395 e. The number of halogens is 3. The molecule has 2 aromatic heterocycles. The van der Waals surface area contributed by atoms with Gasteiger partial charge in [0.1, 0.15) is 5.65 Å². The lowest BCUT2D eigenvalue weighted by molar-refractivity contribution is -0.138. The Balaban J connectivity index is 1.81. The molecule has 1 aromatic carbocycles. The van der Waals surface area contributed by atoms with Crippen molar-refractivity contribution in [3.63, 3.8) is 0 Å². The minimum atomic E-state index is -4.45. The van der Waals surface area contributed by atoms with E-state index in [1.807, 2.05) is 22.7 Å². The summed E-state index contributed by atoms with van der Waals surface area (Å²) in [6.45, 7) is 5.72. The number of carbonyl (C=O) groups excluding carboxylic acids is 1. The number of benzene rings is 1. The SMILES string of the molecule is CC(=O)N(CCO)Cc1nc2ccc(N3CCOCC3)cn2c1Cc1cccc(C(F)(F)F)c1C. The Labute approximate surface area is 201 Å². The van der Waals surface area contributed by atoms with Crippen LogP contribution < -0.4 is 4.90 Å². The van der Waals surface area contributed by atoms with Crippen LogP contribution in [-0.2, 0) is 28.7 Å². The number of anilines is 1. The summed E-state index contributed by atoms with van der Waals surface area (Å²) < 4.78 is 48.0. The Hall–Kier alpha value is -3.11. The minimum absolute atomic E-state index is 0.143. The van der Waals surface area contributed by atoms with Crippen molar-refractivity contribution in [1.29, 1.82) is 0 Å². The predicted molar refractivity (Wildman–Crippen MR) is 125 cm³/mol. The second kappa shape index (κ2) is 10.2. The van der Waals surface area contributed by atoms with Crippen LogP contribution in [0.3, 0.4) is 0 Å². The van der Waals surface area contributed by atoms with E-state index >= 15 is 0 Å². The second-order valence-electron chi connectivity index (χ2n) is 8.65. The van der Waals surface area contributed by atoms with E-state index in [4.69, 9.17) is 9.72 Å². The van der Waals surface area contributed by atoms with Crippen molar-refractivity contribution in [2.75, 3.05) is 44.4 Å². The Kier molecular flexibility index (Phi) is 7.32. The topological polar surface area (TPSA) is 70.3 Å². The molecule has 1 aliphatic rings. The number of aliphatic hydroxyl groups is 1. The fourth-order valence-corrected chi connectivity index (χ4v) is 4.47. The maximum absolute atomic E-state index is 13.5. The summed E-state index contributed by atoms with van der Waals surface area (Å²) in [6, 6.07) is 8.04. The van der Waals surface area contributed by atoms with Crippen LogP contribution >= 0.6 is 0 Å². The Bertz CT molecular complexity index is 1200. The number of pyridine rings is 1. The van der Waals surface area contributed by atoms with E-state index in [-0.39, 0.29) is 37.6 Å². The number of carbonyl (C=O) groups is 1. The molecule has 1 saturated heterocycles. The van der Waals surface area contributed by atoms with Crippen molar-refractivity contribution >= 4 is 17.2 Å². The molecule has 4 rings (SSSR count). The van der Waals surface area contributed by atoms with E-state index in [1.54, 1.807) is 6.07 Å². The number of alkyl halides is 3. The number of fused-ring (bicyclic) bond motifs is 1. The van der Waals surface area contributed by atoms with Crippen molar-refractivity contribution in [2.45, 2.75) is 33.0 Å². The second-order valence-corrected chi connectivity index (χ2v) is 8.65. The van der Waals surface area contributed by atoms with Crippen LogP contribution in [0.5, 0.6) is 0 Å². The molecule has 10 heteroatoms. The predicted octanol–water partition coefficient (Wildman–Crippen LogP) is 3.43. The molecule has 3 aromatic rings. The lowest BCUT2D eigenvalue weighted by Gasteiger charge is -2.28. The maximum Gasteiger partial charge on any atom is 0.416 e. The number of aliphatic hydroxyl groups excluding tert-OH is 1. The molecular formula is C25H29F3N4O3. The molecule has 0 spiro atoms. The molecule has 35 heavy (non-hydrogen) atoms. The smallest absolute Gasteiger partial charge is 0.395 e. The van der Waals surface area contributed by atoms with Gasteiger partial charge in [0.05, 0.1) is 49.0 Å². The fourth-order valence-electron chi connectivity index (χ4n) is 4.47. The van der Waals surface area contributed by atoms with E-state index in [1.165, 1.54) is 24.8 Å². The average molecular weight is 491 g/mol. The third-order valence-electron chi connectivity index (χ3n) is 6.43. The Morgan fingerprint density at radius 2 is 1.94 bits per heavy atom. The van der Waals surface area contributed by atoms with Gasteiger partial charge in [-0.3, -0.25) is 4.79 Å². The van der Waals surface area contributed by atoms with Crippen LogP contribution in [0.4, 0.5) is 18.9 Å². The first-order chi connectivity index (χ1) is 16.7. The third-order valence-corrected chi connectivity index (χ3v) is 6.43. The van der Waals surface area contributed by atoms with E-state index < -0.39 is 11.7 Å². The lowest BCUT2D eigenvalue weighted by atomic mass is 9.97. The molecule has 1 aliphatic heterocycles. The molecule has 1 N–H and O–H groups in total. The largest absolute Gasteiger partial charge is 0.416 e. The highest BCUT2D eigenvalue weighted by atomic mass is 19.4. The van der Waals surface area contributed by atoms with Gasteiger partial charge < -0.3 is 24.0 Å². The van der Waals surface area contributed by atoms with Gasteiger partial charge >= 0.3 is 6.18 Å². The van der Waals surface area contributed by atoms with Crippen LogP contribution in [0.15, 0.2) is 36.5 Å². The molecule has 0 atom stereocenters. The first kappa shape index (κ1) is 25.0. The molecule has 0 saturated carbocycles. The van der Waals surface area contributed by atoms with Gasteiger partial charge in [-0.1, -0.05) is 12.1 Å². The van der Waals surface area contributed by atoms with E-state index in [0.29, 0.717) is 35.8 Å². The van der Waals surface area contributed by atoms with Crippen molar-refractivity contribution in [3.8, 4) is 0 Å². The zero-order valence-electron chi connectivity index (χ0n) is 19.8. The van der Waals surface area contributed by atoms with Gasteiger partial charge in [-0.2, -0.15) is 13.2 Å². The van der Waals surface area contributed by atoms with Gasteiger partial charge in [-0.05, 0) is 36.2 Å². The quantitative estimate of drug-likeness (QED) is 0.550. The molecular weight excluding hydrogens is 461 g/mol. The fraction of sp³-hybridized carbons (Fsp3) is 0.440. The monoisotopic (exact) mass is 490 g/mol. The van der Waals surface area contributed by atoms with Crippen LogP contribution in [0.1, 0.15) is 35.0 Å². The van der Waals surface area contributed by atoms with Crippen LogP contribution in [-0.4, -0.2) is 64.8 Å². The highest BCUT2D eigenvalue weighted by Crippen LogP contribution is 2.34. The molecule has 7 nitrogen and oxygen atoms in total. The first-order valence-corrected chi connectivity index (χ1v) is 11.5. The number of aromatic nitrogens is 2. The highest BCUT2D eigenvalue weighted by molar-refractivity contribution is 5.73. The van der Waals surface area contributed by atoms with Gasteiger partial charge in [0.15, 0.2) is 0 Å². The number of hydrogen-bond donors (Lipinski definition) is 1. The molecule has 3 heterocycles. The molecule has 1 amide bonds. The van der Waals surface area contributed by atoms with Crippen molar-refractivity contribution < 1.29 is 27.8 Å². The van der Waals surface area contributed by atoms with Crippen LogP contribution in [0.2, 0.25) is 0 Å². The number of morpholine rings is 1. The number of amides is 1. The van der Waals surface area contributed by atoms with Gasteiger partial charge in [0, 0.05) is 39.2 Å². The van der Waals surface area contributed by atoms with Crippen molar-refractivity contribution in [3.05, 3.63) is 64.6 Å². The van der Waals surface area contributed by atoms with Gasteiger partial charge in [0.2, 0.25) is 5.91 Å². The molecule has 1 fully saturated rings. The van der Waals surface area contributed by atoms with Crippen molar-refractivity contribution in [1.82, 2.24) is 14.3 Å². The standard InChI is InChI=1S/C25H29F3N4O3/c1-17-19(4-3-5-21(17)25(26,27)28)14-23-22(16-31(8-11-33)18(2)34)29-24-7-6-20(15-32(23)24)30-9-12-35-13-10-30/h3-7,15,33H,8-14,16H2,1-2H3. The van der Waals surface area contributed by atoms with Gasteiger partial charge in [-0.15, -0.1) is 0 Å². The number of hydrogen-bond acceptors (Lipinski definition) is 5. The Morgan fingerprint density at radius 3 is 2.60 bits per heavy atom. The molecule has 0 radical (unpaired) electrons. The first-order valence-electron chi connectivity index (χ1n) is 11.5. The Morgan fingerprint density at radius 1 is 1.20 bits per heavy atom. The number of imidazole rings is 1. The summed E-state index contributed by atoms with van der Waals surface area (Å²) in [4.78, 5) is 20.5. The molecule has 0 unspecified atom stereocenters. The molecule has 0 bridgehead atoms. The maximum atomic E-state index is 13.5. The van der Waals surface area contributed by atoms with E-state index in [2.05, 4.69) is 4.90 Å². The lowest BCUT2D eigenvalue weighted by Crippen LogP contribution is -2.36. The zero-order chi connectivity index (χ0) is 25.2. The van der Waals surface area contributed by atoms with Crippen LogP contribution in [0, 0.1) is 6.92 Å². The molecule has 188 valence electrons. The summed E-state index contributed by atoms with van der Waals surface area (Å²) in [6.07, 6.45) is -2.29. The third kappa shape index (κ3) is 5.43.